The fourth-order valence-corrected chi connectivity index (χ4v) is 5.32. The average molecular weight is 594 g/mol. The van der Waals surface area contributed by atoms with Crippen molar-refractivity contribution >= 4 is 45.9 Å². The van der Waals surface area contributed by atoms with E-state index in [4.69, 9.17) is 19.2 Å². The summed E-state index contributed by atoms with van der Waals surface area (Å²) in [6.07, 6.45) is 4.00. The highest BCUT2D eigenvalue weighted by Crippen LogP contribution is 2.31. The van der Waals surface area contributed by atoms with Gasteiger partial charge in [-0.3, -0.25) is 0 Å². The van der Waals surface area contributed by atoms with E-state index in [0.29, 0.717) is 49.8 Å². The molecular weight excluding hydrogens is 562 g/mol. The van der Waals surface area contributed by atoms with Crippen LogP contribution in [0.1, 0.15) is 48.5 Å². The third-order valence-corrected chi connectivity index (χ3v) is 7.60. The molecule has 1 aromatic heterocycles. The van der Waals surface area contributed by atoms with Crippen LogP contribution in [-0.4, -0.2) is 24.0 Å². The van der Waals surface area contributed by atoms with Crippen LogP contribution in [0.3, 0.4) is 0 Å². The van der Waals surface area contributed by atoms with Crippen molar-refractivity contribution in [2.45, 2.75) is 20.5 Å². The molecule has 0 saturated heterocycles. The van der Waals surface area contributed by atoms with Gasteiger partial charge in [0.1, 0.15) is 18.1 Å². The fourth-order valence-electron chi connectivity index (χ4n) is 5.32. The van der Waals surface area contributed by atoms with Gasteiger partial charge in [0, 0.05) is 10.8 Å². The third kappa shape index (κ3) is 6.45. The highest BCUT2D eigenvalue weighted by Gasteiger charge is 2.21. The molecule has 0 saturated carbocycles. The predicted molar refractivity (Wildman–Crippen MR) is 178 cm³/mol. The Kier molecular flexibility index (Phi) is 8.38. The SMILES string of the molecule is COc1ccc(C=Cc2ccc3nc4ccccc4c(C(=O)Oc4c(C)cc(C(=O)OCc5ccccc5)cc4C)c3c2)cc1. The van der Waals surface area contributed by atoms with Gasteiger partial charge in [0.15, 0.2) is 0 Å². The summed E-state index contributed by atoms with van der Waals surface area (Å²) in [4.78, 5) is 31.6. The lowest BCUT2D eigenvalue weighted by Crippen LogP contribution is -2.13. The Morgan fingerprint density at radius 2 is 1.33 bits per heavy atom. The van der Waals surface area contributed by atoms with Gasteiger partial charge in [-0.1, -0.05) is 78.9 Å². The van der Waals surface area contributed by atoms with Crippen LogP contribution in [0, 0.1) is 13.8 Å². The van der Waals surface area contributed by atoms with Crippen LogP contribution < -0.4 is 9.47 Å². The normalized spacial score (nSPS) is 11.2. The molecule has 0 unspecified atom stereocenters. The first-order chi connectivity index (χ1) is 21.9. The standard InChI is InChI=1S/C39H31NO5/c1-25-21-30(38(41)44-24-29-9-5-4-6-10-29)22-26(2)37(25)45-39(42)36-32-11-7-8-12-34(32)40-35-20-17-28(23-33(35)36)14-13-27-15-18-31(43-3)19-16-27/h4-23H,24H2,1-3H3. The van der Waals surface area contributed by atoms with E-state index in [0.717, 1.165) is 22.4 Å². The molecule has 0 aliphatic carbocycles. The topological polar surface area (TPSA) is 74.7 Å². The van der Waals surface area contributed by atoms with Crippen molar-refractivity contribution in [1.29, 1.82) is 0 Å². The van der Waals surface area contributed by atoms with Crippen LogP contribution in [0.5, 0.6) is 11.5 Å². The van der Waals surface area contributed by atoms with Crippen molar-refractivity contribution in [2.24, 2.45) is 0 Å². The second-order valence-corrected chi connectivity index (χ2v) is 10.8. The fraction of sp³-hybridized carbons (Fsp3) is 0.103. The summed E-state index contributed by atoms with van der Waals surface area (Å²) in [5, 5.41) is 1.38. The molecular formula is C39H31NO5. The summed E-state index contributed by atoms with van der Waals surface area (Å²) in [6, 6.07) is 34.1. The number of aromatic nitrogens is 1. The Morgan fingerprint density at radius 3 is 2.07 bits per heavy atom. The molecule has 0 bridgehead atoms. The van der Waals surface area contributed by atoms with E-state index in [9.17, 15) is 9.59 Å². The maximum Gasteiger partial charge on any atom is 0.344 e. The smallest absolute Gasteiger partial charge is 0.344 e. The Bertz CT molecular complexity index is 2040. The van der Waals surface area contributed by atoms with Crippen LogP contribution >= 0.6 is 0 Å². The Morgan fingerprint density at radius 1 is 0.689 bits per heavy atom. The van der Waals surface area contributed by atoms with Crippen LogP contribution in [-0.2, 0) is 11.3 Å². The lowest BCUT2D eigenvalue weighted by atomic mass is 10.00. The number of carbonyl (C=O) groups excluding carboxylic acids is 2. The summed E-state index contributed by atoms with van der Waals surface area (Å²) in [5.41, 5.74) is 6.35. The maximum atomic E-state index is 14.0. The van der Waals surface area contributed by atoms with E-state index < -0.39 is 11.9 Å². The van der Waals surface area contributed by atoms with Crippen molar-refractivity contribution in [3.05, 3.63) is 148 Å². The van der Waals surface area contributed by atoms with E-state index in [-0.39, 0.29) is 6.61 Å². The van der Waals surface area contributed by atoms with Crippen molar-refractivity contribution in [1.82, 2.24) is 4.98 Å². The van der Waals surface area contributed by atoms with E-state index in [1.165, 1.54) is 0 Å². The minimum Gasteiger partial charge on any atom is -0.497 e. The number of pyridine rings is 1. The molecule has 1 heterocycles. The van der Waals surface area contributed by atoms with Gasteiger partial charge in [-0.05, 0) is 84.1 Å². The van der Waals surface area contributed by atoms with Gasteiger partial charge in [-0.15, -0.1) is 0 Å². The molecule has 0 amide bonds. The second-order valence-electron chi connectivity index (χ2n) is 10.8. The van der Waals surface area contributed by atoms with Crippen LogP contribution in [0.2, 0.25) is 0 Å². The van der Waals surface area contributed by atoms with Crippen LogP contribution in [0.25, 0.3) is 34.0 Å². The minimum atomic E-state index is -0.500. The number of rotatable bonds is 8. The zero-order valence-corrected chi connectivity index (χ0v) is 25.2. The largest absolute Gasteiger partial charge is 0.497 e. The van der Waals surface area contributed by atoms with Crippen LogP contribution in [0.15, 0.2) is 109 Å². The lowest BCUT2D eigenvalue weighted by Gasteiger charge is -2.15. The average Bonchev–Trinajstić information content (AvgIpc) is 3.07. The quantitative estimate of drug-likeness (QED) is 0.0760. The number of hydrogen-bond acceptors (Lipinski definition) is 6. The zero-order chi connectivity index (χ0) is 31.3. The Labute approximate surface area is 261 Å². The van der Waals surface area contributed by atoms with Gasteiger partial charge in [-0.25, -0.2) is 14.6 Å². The van der Waals surface area contributed by atoms with E-state index in [1.807, 2.05) is 123 Å². The number of ether oxygens (including phenoxy) is 3. The van der Waals surface area contributed by atoms with Crippen LogP contribution in [0.4, 0.5) is 0 Å². The number of nitrogens with zero attached hydrogens (tertiary/aromatic N) is 1. The van der Waals surface area contributed by atoms with E-state index >= 15 is 0 Å². The molecule has 0 spiro atoms. The zero-order valence-electron chi connectivity index (χ0n) is 25.2. The second kappa shape index (κ2) is 12.9. The molecule has 0 aliphatic heterocycles. The number of aryl methyl sites for hydroxylation is 2. The summed E-state index contributed by atoms with van der Waals surface area (Å²) >= 11 is 0. The van der Waals surface area contributed by atoms with Gasteiger partial charge in [0.05, 0.1) is 29.3 Å². The number of carbonyl (C=O) groups is 2. The number of hydrogen-bond donors (Lipinski definition) is 0. The molecule has 222 valence electrons. The first kappa shape index (κ1) is 29.3. The Balaban J connectivity index is 1.31. The first-order valence-electron chi connectivity index (χ1n) is 14.6. The molecule has 0 radical (unpaired) electrons. The Hall–Kier alpha value is -5.75. The monoisotopic (exact) mass is 593 g/mol. The van der Waals surface area contributed by atoms with Gasteiger partial charge >= 0.3 is 11.9 Å². The van der Waals surface area contributed by atoms with Gasteiger partial charge < -0.3 is 14.2 Å². The molecule has 0 N–H and O–H groups in total. The number of fused-ring (bicyclic) bond motifs is 2. The highest BCUT2D eigenvalue weighted by atomic mass is 16.5. The number of methoxy groups -OCH3 is 1. The molecule has 6 rings (SSSR count). The lowest BCUT2D eigenvalue weighted by molar-refractivity contribution is 0.0472. The molecule has 0 fully saturated rings. The van der Waals surface area contributed by atoms with Crippen molar-refractivity contribution in [3.8, 4) is 11.5 Å². The van der Waals surface area contributed by atoms with E-state index in [2.05, 4.69) is 0 Å². The summed E-state index contributed by atoms with van der Waals surface area (Å²) in [6.45, 7) is 3.80. The van der Waals surface area contributed by atoms with Crippen molar-refractivity contribution in [3.63, 3.8) is 0 Å². The number of benzene rings is 5. The molecule has 5 aromatic carbocycles. The molecule has 45 heavy (non-hydrogen) atoms. The van der Waals surface area contributed by atoms with Crippen molar-refractivity contribution in [2.75, 3.05) is 7.11 Å². The molecule has 0 aliphatic rings. The van der Waals surface area contributed by atoms with E-state index in [1.54, 1.807) is 19.2 Å². The third-order valence-electron chi connectivity index (χ3n) is 7.60. The molecule has 6 aromatic rings. The number of esters is 2. The summed E-state index contributed by atoms with van der Waals surface area (Å²) < 4.78 is 16.9. The minimum absolute atomic E-state index is 0.175. The first-order valence-corrected chi connectivity index (χ1v) is 14.6. The predicted octanol–water partition coefficient (Wildman–Crippen LogP) is 8.76. The van der Waals surface area contributed by atoms with Gasteiger partial charge in [-0.2, -0.15) is 0 Å². The summed E-state index contributed by atoms with van der Waals surface area (Å²) in [5.74, 6) is 0.260. The molecule has 6 heteroatoms. The summed E-state index contributed by atoms with van der Waals surface area (Å²) in [7, 11) is 1.64. The van der Waals surface area contributed by atoms with Gasteiger partial charge in [0.25, 0.3) is 0 Å². The molecule has 6 nitrogen and oxygen atoms in total. The highest BCUT2D eigenvalue weighted by molar-refractivity contribution is 6.15. The van der Waals surface area contributed by atoms with Crippen molar-refractivity contribution < 1.29 is 23.8 Å². The van der Waals surface area contributed by atoms with Gasteiger partial charge in [0.2, 0.25) is 0 Å². The number of para-hydroxylation sites is 1. The maximum absolute atomic E-state index is 14.0. The molecule has 0 atom stereocenters.